The van der Waals surface area contributed by atoms with Gasteiger partial charge in [0.1, 0.15) is 16.9 Å². The molecule has 0 saturated heterocycles. The zero-order valence-corrected chi connectivity index (χ0v) is 14.3. The molecule has 0 aliphatic rings. The Morgan fingerprint density at radius 2 is 2.21 bits per heavy atom. The first-order valence-corrected chi connectivity index (χ1v) is 8.46. The number of likely N-dealkylation sites (N-methyl/N-ethyl adjacent to an activating group) is 1. The standard InChI is InChI=1S/C14H18N8OS/c1-3-4-5-10-20-21-14(24-10)19-9(23)6-22(2)13-11-12(16-7-15-11)17-8-18-13/h7-8H,3-6H2,1-2H3,(H,19,21,23)(H,15,16,17,18). The summed E-state index contributed by atoms with van der Waals surface area (Å²) in [5.41, 5.74) is 1.27. The number of aryl methyl sites for hydroxylation is 1. The third-order valence-electron chi connectivity index (χ3n) is 3.40. The minimum absolute atomic E-state index is 0.134. The van der Waals surface area contributed by atoms with Crippen molar-refractivity contribution in [2.45, 2.75) is 26.2 Å². The van der Waals surface area contributed by atoms with E-state index >= 15 is 0 Å². The molecule has 0 saturated carbocycles. The largest absolute Gasteiger partial charge is 0.348 e. The number of unbranched alkanes of at least 4 members (excludes halogenated alkanes) is 1. The van der Waals surface area contributed by atoms with Crippen molar-refractivity contribution in [1.82, 2.24) is 30.1 Å². The van der Waals surface area contributed by atoms with Gasteiger partial charge >= 0.3 is 0 Å². The van der Waals surface area contributed by atoms with Crippen LogP contribution in [0.25, 0.3) is 11.2 Å². The van der Waals surface area contributed by atoms with Crippen LogP contribution in [0.4, 0.5) is 10.9 Å². The summed E-state index contributed by atoms with van der Waals surface area (Å²) < 4.78 is 0. The van der Waals surface area contributed by atoms with Gasteiger partial charge in [0.25, 0.3) is 0 Å². The van der Waals surface area contributed by atoms with Crippen molar-refractivity contribution in [3.05, 3.63) is 17.7 Å². The number of fused-ring (bicyclic) bond motifs is 1. The summed E-state index contributed by atoms with van der Waals surface area (Å²) in [6.07, 6.45) is 6.04. The Bertz CT molecular complexity index is 829. The molecule has 3 heterocycles. The third-order valence-corrected chi connectivity index (χ3v) is 4.30. The Kier molecular flexibility index (Phi) is 4.94. The highest BCUT2D eigenvalue weighted by Gasteiger charge is 2.15. The summed E-state index contributed by atoms with van der Waals surface area (Å²) in [5.74, 6) is 0.440. The van der Waals surface area contributed by atoms with Crippen LogP contribution in [0, 0.1) is 0 Å². The zero-order valence-electron chi connectivity index (χ0n) is 13.5. The van der Waals surface area contributed by atoms with Crippen LogP contribution < -0.4 is 10.2 Å². The number of aromatic amines is 1. The van der Waals surface area contributed by atoms with Crippen LogP contribution >= 0.6 is 11.3 Å². The number of nitrogens with zero attached hydrogens (tertiary/aromatic N) is 6. The summed E-state index contributed by atoms with van der Waals surface area (Å²) >= 11 is 1.41. The molecule has 0 unspecified atom stereocenters. The number of anilines is 2. The van der Waals surface area contributed by atoms with Gasteiger partial charge in [0.05, 0.1) is 12.9 Å². The van der Waals surface area contributed by atoms with E-state index in [2.05, 4.69) is 42.4 Å². The Morgan fingerprint density at radius 3 is 3.04 bits per heavy atom. The molecule has 0 spiro atoms. The maximum Gasteiger partial charge on any atom is 0.245 e. The van der Waals surface area contributed by atoms with Crippen LogP contribution in [0.2, 0.25) is 0 Å². The molecule has 126 valence electrons. The Labute approximate surface area is 142 Å². The van der Waals surface area contributed by atoms with E-state index in [1.54, 1.807) is 18.3 Å². The lowest BCUT2D eigenvalue weighted by molar-refractivity contribution is -0.114. The molecule has 0 aromatic carbocycles. The molecule has 0 aliphatic carbocycles. The molecule has 0 atom stereocenters. The maximum atomic E-state index is 12.2. The predicted molar refractivity (Wildman–Crippen MR) is 92.1 cm³/mol. The topological polar surface area (TPSA) is 113 Å². The quantitative estimate of drug-likeness (QED) is 0.668. The second kappa shape index (κ2) is 7.30. The van der Waals surface area contributed by atoms with Crippen LogP contribution in [0.1, 0.15) is 24.8 Å². The number of nitrogens with one attached hydrogen (secondary N) is 2. The van der Waals surface area contributed by atoms with E-state index in [-0.39, 0.29) is 12.5 Å². The van der Waals surface area contributed by atoms with Crippen LogP contribution in [0.3, 0.4) is 0 Å². The number of imidazole rings is 1. The molecule has 0 aliphatic heterocycles. The van der Waals surface area contributed by atoms with Crippen LogP contribution in [0.5, 0.6) is 0 Å². The average Bonchev–Trinajstić information content (AvgIpc) is 3.21. The Morgan fingerprint density at radius 1 is 1.33 bits per heavy atom. The number of hydrogen-bond donors (Lipinski definition) is 2. The number of carbonyl (C=O) groups excluding carboxylic acids is 1. The van der Waals surface area contributed by atoms with Crippen molar-refractivity contribution >= 4 is 39.4 Å². The van der Waals surface area contributed by atoms with Crippen LogP contribution in [-0.4, -0.2) is 49.6 Å². The molecule has 3 aromatic heterocycles. The number of amides is 1. The van der Waals surface area contributed by atoms with Crippen molar-refractivity contribution in [2.24, 2.45) is 0 Å². The fourth-order valence-corrected chi connectivity index (χ4v) is 3.02. The second-order valence-electron chi connectivity index (χ2n) is 5.31. The van der Waals surface area contributed by atoms with Crippen molar-refractivity contribution in [2.75, 3.05) is 23.8 Å². The predicted octanol–water partition coefficient (Wildman–Crippen LogP) is 1.62. The third kappa shape index (κ3) is 3.65. The molecule has 3 rings (SSSR count). The highest BCUT2D eigenvalue weighted by Crippen LogP contribution is 2.19. The van der Waals surface area contributed by atoms with Gasteiger partial charge in [-0.1, -0.05) is 24.7 Å². The van der Waals surface area contributed by atoms with Gasteiger partial charge in [0.2, 0.25) is 11.0 Å². The number of carbonyl (C=O) groups is 1. The molecule has 24 heavy (non-hydrogen) atoms. The van der Waals surface area contributed by atoms with Gasteiger partial charge in [-0.05, 0) is 6.42 Å². The molecule has 10 heteroatoms. The number of hydrogen-bond acceptors (Lipinski definition) is 8. The molecular weight excluding hydrogens is 328 g/mol. The van der Waals surface area contributed by atoms with Crippen molar-refractivity contribution in [3.8, 4) is 0 Å². The van der Waals surface area contributed by atoms with Gasteiger partial charge < -0.3 is 9.88 Å². The van der Waals surface area contributed by atoms with E-state index < -0.39 is 0 Å². The van der Waals surface area contributed by atoms with Gasteiger partial charge in [0.15, 0.2) is 11.5 Å². The highest BCUT2D eigenvalue weighted by atomic mass is 32.1. The van der Waals surface area contributed by atoms with Gasteiger partial charge in [-0.15, -0.1) is 10.2 Å². The Hall–Kier alpha value is -2.62. The van der Waals surface area contributed by atoms with E-state index in [4.69, 9.17) is 0 Å². The summed E-state index contributed by atoms with van der Waals surface area (Å²) in [6, 6.07) is 0. The van der Waals surface area contributed by atoms with Crippen LogP contribution in [-0.2, 0) is 11.2 Å². The maximum absolute atomic E-state index is 12.2. The molecule has 9 nitrogen and oxygen atoms in total. The van der Waals surface area contributed by atoms with E-state index in [9.17, 15) is 4.79 Å². The lowest BCUT2D eigenvalue weighted by Crippen LogP contribution is -2.30. The molecule has 3 aromatic rings. The van der Waals surface area contributed by atoms with Gasteiger partial charge in [-0.2, -0.15) is 0 Å². The number of aromatic nitrogens is 6. The SMILES string of the molecule is CCCCc1nnc(NC(=O)CN(C)c2ncnc3nc[nH]c23)s1. The molecular formula is C14H18N8OS. The summed E-state index contributed by atoms with van der Waals surface area (Å²) in [7, 11) is 1.79. The number of H-pyrrole nitrogens is 1. The molecule has 2 N–H and O–H groups in total. The van der Waals surface area contributed by atoms with Crippen molar-refractivity contribution in [1.29, 1.82) is 0 Å². The van der Waals surface area contributed by atoms with Crippen molar-refractivity contribution < 1.29 is 4.79 Å². The normalized spacial score (nSPS) is 10.9. The minimum Gasteiger partial charge on any atom is -0.348 e. The number of rotatable bonds is 7. The van der Waals surface area contributed by atoms with Gasteiger partial charge in [-0.25, -0.2) is 15.0 Å². The minimum atomic E-state index is -0.179. The zero-order chi connectivity index (χ0) is 16.9. The van der Waals surface area contributed by atoms with E-state index in [1.807, 2.05) is 0 Å². The first kappa shape index (κ1) is 16.2. The van der Waals surface area contributed by atoms with Crippen molar-refractivity contribution in [3.63, 3.8) is 0 Å². The monoisotopic (exact) mass is 346 g/mol. The first-order chi connectivity index (χ1) is 11.7. The van der Waals surface area contributed by atoms with Gasteiger partial charge in [0, 0.05) is 13.5 Å². The van der Waals surface area contributed by atoms with E-state index in [0.717, 1.165) is 24.3 Å². The van der Waals surface area contributed by atoms with E-state index in [1.165, 1.54) is 17.7 Å². The van der Waals surface area contributed by atoms with E-state index in [0.29, 0.717) is 22.1 Å². The van der Waals surface area contributed by atoms with Gasteiger partial charge in [-0.3, -0.25) is 10.1 Å². The highest BCUT2D eigenvalue weighted by molar-refractivity contribution is 7.15. The lowest BCUT2D eigenvalue weighted by Gasteiger charge is -2.17. The first-order valence-electron chi connectivity index (χ1n) is 7.64. The van der Waals surface area contributed by atoms with Crippen LogP contribution in [0.15, 0.2) is 12.7 Å². The summed E-state index contributed by atoms with van der Waals surface area (Å²) in [5, 5.41) is 12.3. The second-order valence-corrected chi connectivity index (χ2v) is 6.37. The molecule has 0 fully saturated rings. The molecule has 0 radical (unpaired) electrons. The lowest BCUT2D eigenvalue weighted by atomic mass is 10.3. The fourth-order valence-electron chi connectivity index (χ4n) is 2.22. The summed E-state index contributed by atoms with van der Waals surface area (Å²) in [6.45, 7) is 2.26. The fraction of sp³-hybridized carbons (Fsp3) is 0.429. The Balaban J connectivity index is 1.62. The summed E-state index contributed by atoms with van der Waals surface area (Å²) in [4.78, 5) is 29.3. The molecule has 0 bridgehead atoms. The average molecular weight is 346 g/mol. The smallest absolute Gasteiger partial charge is 0.245 e. The molecule has 1 amide bonds.